The molecule has 0 aromatic carbocycles. The summed E-state index contributed by atoms with van der Waals surface area (Å²) >= 11 is 0. The summed E-state index contributed by atoms with van der Waals surface area (Å²) in [6.45, 7) is 3.67. The molecule has 0 aromatic heterocycles. The predicted octanol–water partition coefficient (Wildman–Crippen LogP) is 0.319. The van der Waals surface area contributed by atoms with Crippen LogP contribution in [0.3, 0.4) is 0 Å². The lowest BCUT2D eigenvalue weighted by molar-refractivity contribution is -0.110. The van der Waals surface area contributed by atoms with Crippen LogP contribution in [0.4, 0.5) is 0 Å². The molecular weight excluding hydrogens is 138 g/mol. The zero-order chi connectivity index (χ0) is 7.42. The number of nitrogens with zero attached hydrogens (tertiary/aromatic N) is 1. The highest BCUT2D eigenvalue weighted by atomic mass is 16.3. The van der Waals surface area contributed by atoms with E-state index < -0.39 is 0 Å². The summed E-state index contributed by atoms with van der Waals surface area (Å²) in [4.78, 5) is 2.54. The average Bonchev–Trinajstić information content (AvgIpc) is 1.98. The molecule has 3 unspecified atom stereocenters. The minimum atomic E-state index is 0.0443. The molecule has 0 spiro atoms. The lowest BCUT2D eigenvalue weighted by Gasteiger charge is -2.54. The van der Waals surface area contributed by atoms with E-state index in [4.69, 9.17) is 0 Å². The topological polar surface area (TPSA) is 23.5 Å². The number of piperidine rings is 3. The second kappa shape index (κ2) is 1.99. The third-order valence-corrected chi connectivity index (χ3v) is 3.74. The van der Waals surface area contributed by atoms with Crippen molar-refractivity contribution in [1.82, 2.24) is 4.90 Å². The second-order valence-electron chi connectivity index (χ2n) is 4.57. The van der Waals surface area contributed by atoms with Crippen molar-refractivity contribution in [2.45, 2.75) is 18.9 Å². The summed E-state index contributed by atoms with van der Waals surface area (Å²) in [6, 6.07) is 0. The smallest absolute Gasteiger partial charge is 0.0621 e. The van der Waals surface area contributed by atoms with Crippen molar-refractivity contribution >= 4 is 0 Å². The molecule has 3 aliphatic heterocycles. The highest BCUT2D eigenvalue weighted by Crippen LogP contribution is 2.43. The Bertz CT molecular complexity index is 152. The lowest BCUT2D eigenvalue weighted by Crippen LogP contribution is -2.59. The van der Waals surface area contributed by atoms with E-state index in [2.05, 4.69) is 4.90 Å². The van der Waals surface area contributed by atoms with Crippen LogP contribution >= 0.6 is 0 Å². The minimum Gasteiger partial charge on any atom is -0.392 e. The van der Waals surface area contributed by atoms with Gasteiger partial charge in [-0.15, -0.1) is 0 Å². The molecule has 1 N–H and O–H groups in total. The van der Waals surface area contributed by atoms with E-state index >= 15 is 0 Å². The van der Waals surface area contributed by atoms with Gasteiger partial charge in [0, 0.05) is 19.6 Å². The summed E-state index contributed by atoms with van der Waals surface area (Å²) in [5, 5.41) is 9.80. The first-order chi connectivity index (χ1) is 5.33. The van der Waals surface area contributed by atoms with E-state index in [0.717, 1.165) is 5.92 Å². The van der Waals surface area contributed by atoms with Gasteiger partial charge in [0.2, 0.25) is 0 Å². The fourth-order valence-corrected chi connectivity index (χ4v) is 3.38. The van der Waals surface area contributed by atoms with Crippen molar-refractivity contribution in [2.24, 2.45) is 17.8 Å². The molecule has 2 heteroatoms. The van der Waals surface area contributed by atoms with E-state index in [1.54, 1.807) is 0 Å². The maximum Gasteiger partial charge on any atom is 0.0621 e. The highest BCUT2D eigenvalue weighted by molar-refractivity contribution is 4.98. The molecule has 5 atom stereocenters. The van der Waals surface area contributed by atoms with Crippen molar-refractivity contribution < 1.29 is 5.11 Å². The van der Waals surface area contributed by atoms with Crippen molar-refractivity contribution in [2.75, 3.05) is 19.6 Å². The van der Waals surface area contributed by atoms with E-state index in [1.165, 1.54) is 32.5 Å². The van der Waals surface area contributed by atoms with Gasteiger partial charge in [-0.2, -0.15) is 0 Å². The van der Waals surface area contributed by atoms with Crippen LogP contribution < -0.4 is 0 Å². The van der Waals surface area contributed by atoms with Gasteiger partial charge in [-0.1, -0.05) is 0 Å². The number of hydrogen-bond donors (Lipinski definition) is 1. The Labute approximate surface area is 67.2 Å². The molecule has 0 amide bonds. The standard InChI is InChI=1S/C9H15NO/c11-9-7-1-6-2-8(9)5-10(3-6)4-7/h6-9,11H,1-5H2/t6?,7-,8?,9-/m0/s1. The van der Waals surface area contributed by atoms with Crippen LogP contribution in [0, 0.1) is 17.8 Å². The third-order valence-electron chi connectivity index (χ3n) is 3.74. The Morgan fingerprint density at radius 2 is 1.64 bits per heavy atom. The molecule has 1 saturated carbocycles. The van der Waals surface area contributed by atoms with Gasteiger partial charge in [0.25, 0.3) is 0 Å². The van der Waals surface area contributed by atoms with Gasteiger partial charge in [-0.3, -0.25) is 0 Å². The van der Waals surface area contributed by atoms with Crippen molar-refractivity contribution in [1.29, 1.82) is 0 Å². The molecular formula is C9H15NO. The van der Waals surface area contributed by atoms with E-state index in [9.17, 15) is 5.11 Å². The first-order valence-corrected chi connectivity index (χ1v) is 4.73. The maximum atomic E-state index is 9.80. The SMILES string of the molecule is O[C@@H]1C2CC3C[C@H]1CN(C3)C2. The van der Waals surface area contributed by atoms with Crippen LogP contribution in [0.2, 0.25) is 0 Å². The molecule has 62 valence electrons. The van der Waals surface area contributed by atoms with Crippen LogP contribution in [0.1, 0.15) is 12.8 Å². The van der Waals surface area contributed by atoms with Gasteiger partial charge >= 0.3 is 0 Å². The molecule has 4 rings (SSSR count). The van der Waals surface area contributed by atoms with Gasteiger partial charge in [0.15, 0.2) is 0 Å². The van der Waals surface area contributed by atoms with Crippen molar-refractivity contribution in [3.8, 4) is 0 Å². The number of aliphatic hydroxyl groups is 1. The van der Waals surface area contributed by atoms with Crippen LogP contribution in [0.15, 0.2) is 0 Å². The number of aliphatic hydroxyl groups excluding tert-OH is 1. The zero-order valence-electron chi connectivity index (χ0n) is 6.74. The molecule has 4 bridgehead atoms. The molecule has 4 aliphatic rings. The molecule has 2 nitrogen and oxygen atoms in total. The van der Waals surface area contributed by atoms with Crippen LogP contribution in [0.25, 0.3) is 0 Å². The van der Waals surface area contributed by atoms with E-state index in [0.29, 0.717) is 11.8 Å². The quantitative estimate of drug-likeness (QED) is 0.541. The minimum absolute atomic E-state index is 0.0443. The predicted molar refractivity (Wildman–Crippen MR) is 42.2 cm³/mol. The number of rotatable bonds is 0. The second-order valence-corrected chi connectivity index (χ2v) is 4.57. The van der Waals surface area contributed by atoms with E-state index in [-0.39, 0.29) is 6.10 Å². The molecule has 11 heavy (non-hydrogen) atoms. The summed E-state index contributed by atoms with van der Waals surface area (Å²) in [5.41, 5.74) is 0. The van der Waals surface area contributed by atoms with Gasteiger partial charge in [0.1, 0.15) is 0 Å². The van der Waals surface area contributed by atoms with Crippen molar-refractivity contribution in [3.05, 3.63) is 0 Å². The maximum absolute atomic E-state index is 9.80. The molecule has 1 aliphatic carbocycles. The zero-order valence-corrected chi connectivity index (χ0v) is 6.74. The molecule has 3 heterocycles. The van der Waals surface area contributed by atoms with Crippen molar-refractivity contribution in [3.63, 3.8) is 0 Å². The summed E-state index contributed by atoms with van der Waals surface area (Å²) in [5.74, 6) is 2.18. The first kappa shape index (κ1) is 6.44. The van der Waals surface area contributed by atoms with Gasteiger partial charge in [-0.05, 0) is 30.6 Å². The Balaban J connectivity index is 1.91. The fourth-order valence-electron chi connectivity index (χ4n) is 3.38. The Morgan fingerprint density at radius 1 is 1.00 bits per heavy atom. The summed E-state index contributed by atoms with van der Waals surface area (Å²) < 4.78 is 0. The lowest BCUT2D eigenvalue weighted by atomic mass is 9.66. The molecule has 4 fully saturated rings. The van der Waals surface area contributed by atoms with E-state index in [1.807, 2.05) is 0 Å². The Morgan fingerprint density at radius 3 is 2.18 bits per heavy atom. The van der Waals surface area contributed by atoms with Crippen LogP contribution in [-0.2, 0) is 0 Å². The summed E-state index contributed by atoms with van der Waals surface area (Å²) in [6.07, 6.45) is 2.64. The van der Waals surface area contributed by atoms with Gasteiger partial charge in [-0.25, -0.2) is 0 Å². The largest absolute Gasteiger partial charge is 0.392 e. The molecule has 0 radical (unpaired) electrons. The Hall–Kier alpha value is -0.0800. The monoisotopic (exact) mass is 153 g/mol. The van der Waals surface area contributed by atoms with Gasteiger partial charge in [0.05, 0.1) is 6.10 Å². The molecule has 0 aromatic rings. The van der Waals surface area contributed by atoms with Crippen LogP contribution in [-0.4, -0.2) is 35.7 Å². The van der Waals surface area contributed by atoms with Crippen LogP contribution in [0.5, 0.6) is 0 Å². The van der Waals surface area contributed by atoms with Gasteiger partial charge < -0.3 is 10.0 Å². The average molecular weight is 153 g/mol. The first-order valence-electron chi connectivity index (χ1n) is 4.73. The molecule has 3 saturated heterocycles. The third kappa shape index (κ3) is 0.798. The Kier molecular flexibility index (Phi) is 1.16. The number of hydrogen-bond acceptors (Lipinski definition) is 2. The highest BCUT2D eigenvalue weighted by Gasteiger charge is 2.46. The summed E-state index contributed by atoms with van der Waals surface area (Å²) in [7, 11) is 0. The fraction of sp³-hybridized carbons (Fsp3) is 1.00. The normalized spacial score (nSPS) is 60.3.